The van der Waals surface area contributed by atoms with E-state index >= 15 is 0 Å². The molecule has 0 aromatic rings. The van der Waals surface area contributed by atoms with Gasteiger partial charge in [0.05, 0.1) is 5.16 Å². The Morgan fingerprint density at radius 1 is 1.83 bits per heavy atom. The van der Waals surface area contributed by atoms with Crippen LogP contribution >= 0.6 is 11.6 Å². The van der Waals surface area contributed by atoms with Crippen molar-refractivity contribution in [1.82, 2.24) is 5.32 Å². The molecule has 0 aromatic carbocycles. The van der Waals surface area contributed by atoms with Gasteiger partial charge in [0.15, 0.2) is 0 Å². The van der Waals surface area contributed by atoms with Gasteiger partial charge in [-0.2, -0.15) is 0 Å². The minimum Gasteiger partial charge on any atom is -0.379 e. The zero-order valence-electron chi connectivity index (χ0n) is 3.96. The molecule has 0 unspecified atom stereocenters. The molecule has 0 fully saturated rings. The summed E-state index contributed by atoms with van der Waals surface area (Å²) in [6, 6.07) is 0. The summed E-state index contributed by atoms with van der Waals surface area (Å²) in [4.78, 5) is 0. The molecule has 2 heteroatoms. The predicted octanol–water partition coefficient (Wildman–Crippen LogP) is 1.31. The molecule has 0 aliphatic heterocycles. The highest BCUT2D eigenvalue weighted by Gasteiger charge is 1.73. The van der Waals surface area contributed by atoms with E-state index in [4.69, 9.17) is 11.6 Å². The normalized spacial score (nSPS) is 11.5. The number of rotatable bonds is 1. The van der Waals surface area contributed by atoms with Crippen LogP contribution in [0.3, 0.4) is 0 Å². The number of halogens is 1. The Bertz CT molecular complexity index is 58.6. The summed E-state index contributed by atoms with van der Waals surface area (Å²) in [6.07, 6.45) is 1.79. The lowest BCUT2D eigenvalue weighted by atomic mass is 10.7. The summed E-state index contributed by atoms with van der Waals surface area (Å²) in [5.41, 5.74) is 0. The fraction of sp³-hybridized carbons (Fsp3) is 0.500. The average molecular weight is 106 g/mol. The van der Waals surface area contributed by atoms with Crippen molar-refractivity contribution < 1.29 is 0 Å². The van der Waals surface area contributed by atoms with E-state index in [9.17, 15) is 0 Å². The molecule has 0 aliphatic carbocycles. The zero-order chi connectivity index (χ0) is 4.99. The number of hydrogen-bond donors (Lipinski definition) is 1. The van der Waals surface area contributed by atoms with Crippen molar-refractivity contribution >= 4 is 11.6 Å². The van der Waals surface area contributed by atoms with E-state index < -0.39 is 0 Å². The molecule has 0 heterocycles. The molecular formula is C4H8ClN. The molecule has 0 aliphatic rings. The first-order valence-corrected chi connectivity index (χ1v) is 2.18. The summed E-state index contributed by atoms with van der Waals surface area (Å²) in [5, 5.41) is 3.43. The van der Waals surface area contributed by atoms with Crippen LogP contribution < -0.4 is 5.32 Å². The number of hydrogen-bond acceptors (Lipinski definition) is 1. The van der Waals surface area contributed by atoms with Crippen molar-refractivity contribution in [2.24, 2.45) is 0 Å². The van der Waals surface area contributed by atoms with Crippen LogP contribution in [0.2, 0.25) is 0 Å². The molecule has 1 nitrogen and oxygen atoms in total. The second-order valence-electron chi connectivity index (χ2n) is 0.887. The lowest BCUT2D eigenvalue weighted by molar-refractivity contribution is 1.07. The van der Waals surface area contributed by atoms with Crippen LogP contribution in [0.1, 0.15) is 6.92 Å². The molecule has 36 valence electrons. The maximum atomic E-state index is 5.40. The van der Waals surface area contributed by atoms with Gasteiger partial charge in [0.1, 0.15) is 0 Å². The van der Waals surface area contributed by atoms with Gasteiger partial charge < -0.3 is 5.32 Å². The predicted molar refractivity (Wildman–Crippen MR) is 28.7 cm³/mol. The Morgan fingerprint density at radius 3 is 2.33 bits per heavy atom. The van der Waals surface area contributed by atoms with Gasteiger partial charge in [0.2, 0.25) is 0 Å². The van der Waals surface area contributed by atoms with Crippen LogP contribution in [0.4, 0.5) is 0 Å². The Balaban J connectivity index is 3.22. The smallest absolute Gasteiger partial charge is 0.0972 e. The quantitative estimate of drug-likeness (QED) is 0.496. The largest absolute Gasteiger partial charge is 0.379 e. The molecule has 0 saturated heterocycles. The minimum atomic E-state index is 0.690. The van der Waals surface area contributed by atoms with Gasteiger partial charge in [0.25, 0.3) is 0 Å². The maximum Gasteiger partial charge on any atom is 0.0972 e. The fourth-order valence-electron chi connectivity index (χ4n) is 0.144. The van der Waals surface area contributed by atoms with Crippen LogP contribution in [0, 0.1) is 0 Å². The summed E-state index contributed by atoms with van der Waals surface area (Å²) >= 11 is 5.40. The Hall–Kier alpha value is -0.170. The standard InChI is InChI=1S/C4H8ClN/c1-3-4(5)6-2/h3,6H,1-2H3. The van der Waals surface area contributed by atoms with Gasteiger partial charge in [-0.3, -0.25) is 0 Å². The number of allylic oxidation sites excluding steroid dienone is 1. The summed E-state index contributed by atoms with van der Waals surface area (Å²) < 4.78 is 0. The average Bonchev–Trinajstić information content (AvgIpc) is 1.65. The molecule has 0 amide bonds. The van der Waals surface area contributed by atoms with Crippen molar-refractivity contribution in [3.8, 4) is 0 Å². The van der Waals surface area contributed by atoms with Crippen LogP contribution in [-0.2, 0) is 0 Å². The van der Waals surface area contributed by atoms with Crippen LogP contribution in [-0.4, -0.2) is 7.05 Å². The highest BCUT2D eigenvalue weighted by atomic mass is 35.5. The van der Waals surface area contributed by atoms with E-state index in [1.807, 2.05) is 6.92 Å². The molecule has 0 radical (unpaired) electrons. The third-order valence-electron chi connectivity index (χ3n) is 0.492. The summed E-state index contributed by atoms with van der Waals surface area (Å²) in [5.74, 6) is 0. The van der Waals surface area contributed by atoms with Gasteiger partial charge >= 0.3 is 0 Å². The first-order chi connectivity index (χ1) is 2.81. The number of nitrogens with one attached hydrogen (secondary N) is 1. The van der Waals surface area contributed by atoms with Gasteiger partial charge in [-0.05, 0) is 6.92 Å². The summed E-state index contributed by atoms with van der Waals surface area (Å²) in [6.45, 7) is 1.87. The third kappa shape index (κ3) is 2.09. The molecule has 0 aromatic heterocycles. The maximum absolute atomic E-state index is 5.40. The Kier molecular flexibility index (Phi) is 2.95. The van der Waals surface area contributed by atoms with E-state index in [0.29, 0.717) is 5.16 Å². The Labute approximate surface area is 43.0 Å². The first kappa shape index (κ1) is 5.83. The van der Waals surface area contributed by atoms with Gasteiger partial charge in [-0.25, -0.2) is 0 Å². The van der Waals surface area contributed by atoms with Crippen molar-refractivity contribution in [2.45, 2.75) is 6.92 Å². The topological polar surface area (TPSA) is 12.0 Å². The molecule has 0 atom stereocenters. The molecule has 0 saturated carbocycles. The minimum absolute atomic E-state index is 0.690. The fourth-order valence-corrected chi connectivity index (χ4v) is 0.144. The van der Waals surface area contributed by atoms with E-state index in [1.54, 1.807) is 13.1 Å². The SMILES string of the molecule is CC=C(Cl)NC. The molecule has 0 rings (SSSR count). The molecule has 1 N–H and O–H groups in total. The summed E-state index contributed by atoms with van der Waals surface area (Å²) in [7, 11) is 1.78. The van der Waals surface area contributed by atoms with Crippen LogP contribution in [0.15, 0.2) is 11.2 Å². The van der Waals surface area contributed by atoms with Crippen LogP contribution in [0.25, 0.3) is 0 Å². The lowest BCUT2D eigenvalue weighted by Crippen LogP contribution is -1.97. The van der Waals surface area contributed by atoms with Crippen molar-refractivity contribution in [1.29, 1.82) is 0 Å². The molecule has 6 heavy (non-hydrogen) atoms. The van der Waals surface area contributed by atoms with E-state index in [1.165, 1.54) is 0 Å². The van der Waals surface area contributed by atoms with Gasteiger partial charge in [0, 0.05) is 7.05 Å². The Morgan fingerprint density at radius 2 is 2.33 bits per heavy atom. The third-order valence-corrected chi connectivity index (χ3v) is 0.899. The van der Waals surface area contributed by atoms with Crippen molar-refractivity contribution in [3.63, 3.8) is 0 Å². The second-order valence-corrected chi connectivity index (χ2v) is 1.29. The first-order valence-electron chi connectivity index (χ1n) is 1.81. The van der Waals surface area contributed by atoms with Crippen molar-refractivity contribution in [2.75, 3.05) is 7.05 Å². The van der Waals surface area contributed by atoms with E-state index in [0.717, 1.165) is 0 Å². The highest BCUT2D eigenvalue weighted by molar-refractivity contribution is 6.29. The van der Waals surface area contributed by atoms with E-state index in [2.05, 4.69) is 5.32 Å². The second kappa shape index (κ2) is 3.04. The molecule has 0 spiro atoms. The zero-order valence-corrected chi connectivity index (χ0v) is 4.71. The van der Waals surface area contributed by atoms with Crippen LogP contribution in [0.5, 0.6) is 0 Å². The monoisotopic (exact) mass is 105 g/mol. The van der Waals surface area contributed by atoms with Crippen molar-refractivity contribution in [3.05, 3.63) is 11.2 Å². The highest BCUT2D eigenvalue weighted by Crippen LogP contribution is 1.89. The lowest BCUT2D eigenvalue weighted by Gasteiger charge is -1.88. The van der Waals surface area contributed by atoms with Gasteiger partial charge in [-0.1, -0.05) is 17.7 Å². The van der Waals surface area contributed by atoms with Gasteiger partial charge in [-0.15, -0.1) is 0 Å². The molecule has 0 bridgehead atoms. The van der Waals surface area contributed by atoms with E-state index in [-0.39, 0.29) is 0 Å². The molecular weight excluding hydrogens is 97.5 g/mol.